The summed E-state index contributed by atoms with van der Waals surface area (Å²) in [6, 6.07) is 0. The second-order valence-corrected chi connectivity index (χ2v) is 0. The molecule has 0 rings (SSSR count). The van der Waals surface area contributed by atoms with Crippen molar-refractivity contribution in [1.82, 2.24) is 0 Å². The van der Waals surface area contributed by atoms with E-state index in [0.29, 0.717) is 0 Å². The van der Waals surface area contributed by atoms with Gasteiger partial charge in [-0.05, 0) is 0 Å². The zero-order valence-corrected chi connectivity index (χ0v) is 5.06. The molecule has 5 heavy (non-hydrogen) atoms. The van der Waals surface area contributed by atoms with Crippen molar-refractivity contribution in [2.24, 2.45) is 0 Å². The van der Waals surface area contributed by atoms with Gasteiger partial charge in [-0.2, -0.15) is 0 Å². The average molecular weight is 114 g/mol. The van der Waals surface area contributed by atoms with Gasteiger partial charge in [-0.3, -0.25) is 0 Å². The van der Waals surface area contributed by atoms with Crippen LogP contribution in [-0.2, 0) is 21.7 Å². The summed E-state index contributed by atoms with van der Waals surface area (Å²) in [5.74, 6) is 0. The Kier molecular flexibility index (Phi) is 9150. The zero-order valence-electron chi connectivity index (χ0n) is 3.50. The van der Waals surface area contributed by atoms with Gasteiger partial charge >= 0.3 is 21.7 Å². The van der Waals surface area contributed by atoms with Gasteiger partial charge in [0.15, 0.2) is 0 Å². The van der Waals surface area contributed by atoms with E-state index in [1.54, 1.807) is 0 Å². The van der Waals surface area contributed by atoms with Crippen LogP contribution in [-0.4, -0.2) is 11.0 Å². The van der Waals surface area contributed by atoms with Crippen LogP contribution in [0.3, 0.4) is 0 Å². The minimum atomic E-state index is 0. The molecule has 0 aromatic heterocycles. The summed E-state index contributed by atoms with van der Waals surface area (Å²) in [5, 5.41) is 0. The molecule has 0 aliphatic heterocycles. The van der Waals surface area contributed by atoms with Gasteiger partial charge in [0.05, 0.1) is 0 Å². The molecule has 0 saturated carbocycles. The van der Waals surface area contributed by atoms with Crippen LogP contribution in [0.25, 0.3) is 0 Å². The molecule has 2 nitrogen and oxygen atoms in total. The van der Waals surface area contributed by atoms with E-state index in [-0.39, 0.29) is 47.5 Å². The molecule has 0 saturated heterocycles. The van der Waals surface area contributed by atoms with Crippen LogP contribution in [0.2, 0.25) is 0 Å². The first kappa shape index (κ1) is 301. The van der Waals surface area contributed by atoms with E-state index in [9.17, 15) is 0 Å². The monoisotopic (exact) mass is 114 g/mol. The smallest absolute Gasteiger partial charge is 0.412 e. The molecule has 0 unspecified atom stereocenters. The largest absolute Gasteiger partial charge is 2.00 e. The third-order valence-electron chi connectivity index (χ3n) is 0. The van der Waals surface area contributed by atoms with Gasteiger partial charge in [0.25, 0.3) is 0 Å². The first-order valence-electron chi connectivity index (χ1n) is 0. The molecule has 0 radical (unpaired) electrons. The minimum absolute atomic E-state index is 0. The van der Waals surface area contributed by atoms with Crippen LogP contribution < -0.4 is 0 Å². The number of hydrogen-bond acceptors (Lipinski definition) is 0. The molecule has 0 amide bonds. The van der Waals surface area contributed by atoms with E-state index in [0.717, 1.165) is 0 Å². The Morgan fingerprint density at radius 1 is 0.600 bits per heavy atom. The third kappa shape index (κ3) is 79.9. The predicted octanol–water partition coefficient (Wildman–Crippen LogP) is -0.751. The van der Waals surface area contributed by atoms with Crippen molar-refractivity contribution in [2.45, 2.75) is 0 Å². The first-order valence-corrected chi connectivity index (χ1v) is 0. The molecular weight excluding hydrogens is 104 g/mol. The van der Waals surface area contributed by atoms with Gasteiger partial charge in [0.2, 0.25) is 0 Å². The van der Waals surface area contributed by atoms with Gasteiger partial charge in [0.1, 0.15) is 0 Å². The standard InChI is InChI=1S/2CH3.2H2O.Ti/h2*1H3;2*1H2;/q2*-1;;;+2. The van der Waals surface area contributed by atoms with E-state index in [4.69, 9.17) is 0 Å². The first-order chi connectivity index (χ1) is 0. The molecule has 34 valence electrons. The van der Waals surface area contributed by atoms with Gasteiger partial charge in [0, 0.05) is 0 Å². The van der Waals surface area contributed by atoms with Crippen LogP contribution >= 0.6 is 0 Å². The molecule has 0 aliphatic rings. The quantitative estimate of drug-likeness (QED) is 0.293. The van der Waals surface area contributed by atoms with Gasteiger partial charge in [-0.15, -0.1) is 0 Å². The second-order valence-electron chi connectivity index (χ2n) is 0. The Hall–Kier alpha value is 0.634. The van der Waals surface area contributed by atoms with Crippen LogP contribution in [0.4, 0.5) is 0 Å². The number of hydrogen-bond donors (Lipinski definition) is 0. The predicted molar refractivity (Wildman–Crippen MR) is 20.1 cm³/mol. The van der Waals surface area contributed by atoms with Crippen molar-refractivity contribution in [2.75, 3.05) is 0 Å². The maximum Gasteiger partial charge on any atom is 2.00 e. The molecule has 0 aromatic carbocycles. The Labute approximate surface area is 48.1 Å². The fourth-order valence-corrected chi connectivity index (χ4v) is 0. The summed E-state index contributed by atoms with van der Waals surface area (Å²) < 4.78 is 0. The van der Waals surface area contributed by atoms with E-state index >= 15 is 0 Å². The van der Waals surface area contributed by atoms with Gasteiger partial charge in [-0.25, -0.2) is 0 Å². The fraction of sp³-hybridized carbons (Fsp3) is 0. The fourth-order valence-electron chi connectivity index (χ4n) is 0. The topological polar surface area (TPSA) is 63.0 Å². The van der Waals surface area contributed by atoms with Crippen molar-refractivity contribution in [3.8, 4) is 0 Å². The minimum Gasteiger partial charge on any atom is -0.412 e. The summed E-state index contributed by atoms with van der Waals surface area (Å²) >= 11 is 0. The summed E-state index contributed by atoms with van der Waals surface area (Å²) in [5.41, 5.74) is 0. The SMILES string of the molecule is O.O.[CH3-].[CH3-].[Ti+2]. The van der Waals surface area contributed by atoms with Crippen LogP contribution in [0.15, 0.2) is 0 Å². The van der Waals surface area contributed by atoms with E-state index < -0.39 is 0 Å². The zero-order chi connectivity index (χ0) is 0. The molecule has 3 heteroatoms. The maximum absolute atomic E-state index is 0. The third-order valence-corrected chi connectivity index (χ3v) is 0. The molecule has 4 N–H and O–H groups in total. The van der Waals surface area contributed by atoms with Crippen molar-refractivity contribution in [3.63, 3.8) is 0 Å². The van der Waals surface area contributed by atoms with Crippen LogP contribution in [0.5, 0.6) is 0 Å². The van der Waals surface area contributed by atoms with E-state index in [1.807, 2.05) is 0 Å². The van der Waals surface area contributed by atoms with Gasteiger partial charge < -0.3 is 25.8 Å². The summed E-state index contributed by atoms with van der Waals surface area (Å²) in [4.78, 5) is 0. The molecule has 0 atom stereocenters. The van der Waals surface area contributed by atoms with Crippen molar-refractivity contribution < 1.29 is 32.7 Å². The second kappa shape index (κ2) is 152. The Morgan fingerprint density at radius 3 is 0.600 bits per heavy atom. The molecule has 0 fully saturated rings. The number of rotatable bonds is 0. The Balaban J connectivity index is 0. The normalized spacial score (nSPS) is 0. The molecule has 0 spiro atoms. The summed E-state index contributed by atoms with van der Waals surface area (Å²) in [6.07, 6.45) is 0. The van der Waals surface area contributed by atoms with E-state index in [1.165, 1.54) is 0 Å². The Morgan fingerprint density at radius 2 is 0.600 bits per heavy atom. The maximum atomic E-state index is 0. The van der Waals surface area contributed by atoms with Crippen molar-refractivity contribution in [3.05, 3.63) is 14.9 Å². The molecule has 0 aromatic rings. The molecule has 0 bridgehead atoms. The molecular formula is C2H10O2Ti. The van der Waals surface area contributed by atoms with Crippen molar-refractivity contribution in [1.29, 1.82) is 0 Å². The Bertz CT molecular complexity index is 7.61. The van der Waals surface area contributed by atoms with Gasteiger partial charge in [-0.1, -0.05) is 0 Å². The van der Waals surface area contributed by atoms with E-state index in [2.05, 4.69) is 0 Å². The molecule has 0 aliphatic carbocycles. The average Bonchev–Trinajstić information content (AvgIpc) is 0. The van der Waals surface area contributed by atoms with Crippen LogP contribution in [0.1, 0.15) is 0 Å². The molecule has 0 heterocycles. The summed E-state index contributed by atoms with van der Waals surface area (Å²) in [6.45, 7) is 0. The summed E-state index contributed by atoms with van der Waals surface area (Å²) in [7, 11) is 0. The van der Waals surface area contributed by atoms with Crippen LogP contribution in [0, 0.1) is 14.9 Å². The van der Waals surface area contributed by atoms with Crippen molar-refractivity contribution >= 4 is 0 Å².